The van der Waals surface area contributed by atoms with Gasteiger partial charge in [0.2, 0.25) is 0 Å². The molecule has 0 bridgehead atoms. The highest BCUT2D eigenvalue weighted by Crippen LogP contribution is 2.36. The molecule has 0 saturated carbocycles. The molecule has 3 aromatic rings. The van der Waals surface area contributed by atoms with Crippen molar-refractivity contribution in [1.82, 2.24) is 0 Å². The fraction of sp³-hybridized carbons (Fsp3) is 0.0909. The summed E-state index contributed by atoms with van der Waals surface area (Å²) in [4.78, 5) is 28.6. The van der Waals surface area contributed by atoms with Gasteiger partial charge >= 0.3 is 0 Å². The summed E-state index contributed by atoms with van der Waals surface area (Å²) in [5, 5.41) is 5.13. The summed E-state index contributed by atoms with van der Waals surface area (Å²) < 4.78 is 0. The predicted octanol–water partition coefficient (Wildman–Crippen LogP) is 4.76. The molecule has 1 aliphatic rings. The fourth-order valence-corrected chi connectivity index (χ4v) is 3.94. The summed E-state index contributed by atoms with van der Waals surface area (Å²) in [5.41, 5.74) is 4.05. The minimum absolute atomic E-state index is 0.298. The van der Waals surface area contributed by atoms with Crippen molar-refractivity contribution in [3.63, 3.8) is 0 Å². The first-order chi connectivity index (χ1) is 13.1. The number of carbonyl (C=O) groups excluding carboxylic acids is 2. The Kier molecular flexibility index (Phi) is 4.38. The van der Waals surface area contributed by atoms with Gasteiger partial charge in [-0.2, -0.15) is 0 Å². The van der Waals surface area contributed by atoms with Gasteiger partial charge in [-0.05, 0) is 48.6 Å². The van der Waals surface area contributed by atoms with E-state index in [9.17, 15) is 9.59 Å². The van der Waals surface area contributed by atoms with Gasteiger partial charge < -0.3 is 5.32 Å². The topological polar surface area (TPSA) is 49.4 Å². The van der Waals surface area contributed by atoms with E-state index < -0.39 is 0 Å². The van der Waals surface area contributed by atoms with Gasteiger partial charge in [-0.15, -0.1) is 11.3 Å². The van der Waals surface area contributed by atoms with Gasteiger partial charge in [0.1, 0.15) is 5.70 Å². The Bertz CT molecular complexity index is 1070. The van der Waals surface area contributed by atoms with Crippen molar-refractivity contribution in [3.05, 3.63) is 87.7 Å². The zero-order valence-corrected chi connectivity index (χ0v) is 15.8. The average Bonchev–Trinajstić information content (AvgIpc) is 3.25. The smallest absolute Gasteiger partial charge is 0.282 e. The van der Waals surface area contributed by atoms with Crippen LogP contribution in [0.2, 0.25) is 0 Å². The van der Waals surface area contributed by atoms with Crippen LogP contribution in [0.1, 0.15) is 16.0 Å². The highest BCUT2D eigenvalue weighted by atomic mass is 32.1. The van der Waals surface area contributed by atoms with Crippen molar-refractivity contribution in [2.45, 2.75) is 13.8 Å². The van der Waals surface area contributed by atoms with Gasteiger partial charge in [-0.3, -0.25) is 9.59 Å². The molecule has 2 heterocycles. The number of thiophene rings is 1. The first-order valence-electron chi connectivity index (χ1n) is 8.63. The van der Waals surface area contributed by atoms with Gasteiger partial charge in [0.15, 0.2) is 0 Å². The van der Waals surface area contributed by atoms with Crippen molar-refractivity contribution in [2.75, 3.05) is 10.2 Å². The fourth-order valence-electron chi connectivity index (χ4n) is 3.18. The van der Waals surface area contributed by atoms with Crippen LogP contribution in [-0.4, -0.2) is 11.8 Å². The second-order valence-corrected chi connectivity index (χ2v) is 7.35. The molecule has 2 aromatic carbocycles. The zero-order chi connectivity index (χ0) is 19.0. The van der Waals surface area contributed by atoms with Crippen LogP contribution in [0.15, 0.2) is 71.7 Å². The van der Waals surface area contributed by atoms with Crippen LogP contribution in [0.5, 0.6) is 0 Å². The Balaban J connectivity index is 1.84. The Labute approximate surface area is 161 Å². The van der Waals surface area contributed by atoms with Crippen molar-refractivity contribution in [1.29, 1.82) is 0 Å². The molecule has 1 N–H and O–H groups in total. The lowest BCUT2D eigenvalue weighted by atomic mass is 10.1. The van der Waals surface area contributed by atoms with Gasteiger partial charge in [0, 0.05) is 10.6 Å². The Morgan fingerprint density at radius 2 is 1.52 bits per heavy atom. The minimum atomic E-state index is -0.332. The van der Waals surface area contributed by atoms with E-state index in [-0.39, 0.29) is 11.8 Å². The predicted molar refractivity (Wildman–Crippen MR) is 110 cm³/mol. The molecular formula is C22H18N2O2S. The number of rotatable bonds is 4. The highest BCUT2D eigenvalue weighted by molar-refractivity contribution is 7.11. The maximum atomic E-state index is 13.3. The maximum absolute atomic E-state index is 13.3. The molecule has 2 amide bonds. The average molecular weight is 374 g/mol. The molecule has 27 heavy (non-hydrogen) atoms. The number of para-hydroxylation sites is 2. The molecule has 0 fully saturated rings. The molecule has 4 rings (SSSR count). The summed E-state index contributed by atoms with van der Waals surface area (Å²) in [5.74, 6) is -0.631. The zero-order valence-electron chi connectivity index (χ0n) is 15.0. The van der Waals surface area contributed by atoms with E-state index in [0.717, 1.165) is 21.7 Å². The third kappa shape index (κ3) is 2.96. The van der Waals surface area contributed by atoms with Gasteiger partial charge in [-0.1, -0.05) is 42.5 Å². The summed E-state index contributed by atoms with van der Waals surface area (Å²) in [6.45, 7) is 3.86. The summed E-state index contributed by atoms with van der Waals surface area (Å²) in [6, 6.07) is 18.9. The van der Waals surface area contributed by atoms with Crippen molar-refractivity contribution in [2.24, 2.45) is 0 Å². The maximum Gasteiger partial charge on any atom is 0.282 e. The molecule has 1 aromatic heterocycles. The van der Waals surface area contributed by atoms with E-state index in [4.69, 9.17) is 0 Å². The van der Waals surface area contributed by atoms with Crippen LogP contribution in [0.4, 0.5) is 11.4 Å². The molecule has 0 spiro atoms. The van der Waals surface area contributed by atoms with E-state index in [0.29, 0.717) is 17.0 Å². The van der Waals surface area contributed by atoms with Gasteiger partial charge in [0.05, 0.1) is 11.3 Å². The Hall–Kier alpha value is -3.18. The van der Waals surface area contributed by atoms with E-state index in [1.54, 1.807) is 6.07 Å². The van der Waals surface area contributed by atoms with Gasteiger partial charge in [0.25, 0.3) is 11.8 Å². The SMILES string of the molecule is Cc1ccccc1NC1=C(c2cccs2)C(=O)N(c2ccccc2C)C1=O. The van der Waals surface area contributed by atoms with Crippen LogP contribution in [0.25, 0.3) is 5.57 Å². The summed E-state index contributed by atoms with van der Waals surface area (Å²) in [6.07, 6.45) is 0. The molecule has 5 heteroatoms. The lowest BCUT2D eigenvalue weighted by Crippen LogP contribution is -2.33. The van der Waals surface area contributed by atoms with Crippen LogP contribution < -0.4 is 10.2 Å². The number of imide groups is 1. The van der Waals surface area contributed by atoms with Crippen LogP contribution in [0, 0.1) is 13.8 Å². The van der Waals surface area contributed by atoms with Gasteiger partial charge in [-0.25, -0.2) is 4.90 Å². The molecule has 4 nitrogen and oxygen atoms in total. The summed E-state index contributed by atoms with van der Waals surface area (Å²) in [7, 11) is 0. The standard InChI is InChI=1S/C22H18N2O2S/c1-14-8-3-5-10-16(14)23-20-19(18-12-7-13-27-18)21(25)24(22(20)26)17-11-6-4-9-15(17)2/h3-13,23H,1-2H3. The number of nitrogens with zero attached hydrogens (tertiary/aromatic N) is 1. The van der Waals surface area contributed by atoms with Crippen molar-refractivity contribution >= 4 is 40.1 Å². The molecule has 0 saturated heterocycles. The quantitative estimate of drug-likeness (QED) is 0.670. The normalized spacial score (nSPS) is 14.2. The van der Waals surface area contributed by atoms with Crippen molar-refractivity contribution in [3.8, 4) is 0 Å². The van der Waals surface area contributed by atoms with Crippen LogP contribution >= 0.6 is 11.3 Å². The number of carbonyl (C=O) groups is 2. The monoisotopic (exact) mass is 374 g/mol. The second-order valence-electron chi connectivity index (χ2n) is 6.40. The largest absolute Gasteiger partial charge is 0.350 e. The third-order valence-corrected chi connectivity index (χ3v) is 5.50. The number of hydrogen-bond donors (Lipinski definition) is 1. The van der Waals surface area contributed by atoms with Crippen molar-refractivity contribution < 1.29 is 9.59 Å². The van der Waals surface area contributed by atoms with Crippen LogP contribution in [0.3, 0.4) is 0 Å². The first kappa shape index (κ1) is 17.2. The lowest BCUT2D eigenvalue weighted by molar-refractivity contribution is -0.120. The minimum Gasteiger partial charge on any atom is -0.350 e. The Morgan fingerprint density at radius 1 is 0.815 bits per heavy atom. The second kappa shape index (κ2) is 6.85. The van der Waals surface area contributed by atoms with E-state index >= 15 is 0 Å². The molecule has 1 aliphatic heterocycles. The highest BCUT2D eigenvalue weighted by Gasteiger charge is 2.41. The molecule has 134 valence electrons. The number of benzene rings is 2. The number of hydrogen-bond acceptors (Lipinski definition) is 4. The molecule has 0 atom stereocenters. The van der Waals surface area contributed by atoms with E-state index in [1.807, 2.05) is 73.8 Å². The molecule has 0 aliphatic carbocycles. The van der Waals surface area contributed by atoms with Crippen LogP contribution in [-0.2, 0) is 9.59 Å². The number of anilines is 2. The molecular weight excluding hydrogens is 356 g/mol. The molecule has 0 radical (unpaired) electrons. The van der Waals surface area contributed by atoms with E-state index in [2.05, 4.69) is 5.32 Å². The lowest BCUT2D eigenvalue weighted by Gasteiger charge is -2.17. The third-order valence-electron chi connectivity index (χ3n) is 4.61. The summed E-state index contributed by atoms with van der Waals surface area (Å²) >= 11 is 1.45. The number of aryl methyl sites for hydroxylation is 2. The number of amides is 2. The Morgan fingerprint density at radius 3 is 2.19 bits per heavy atom. The van der Waals surface area contributed by atoms with E-state index in [1.165, 1.54) is 16.2 Å². The first-order valence-corrected chi connectivity index (χ1v) is 9.51. The number of nitrogens with one attached hydrogen (secondary N) is 1. The molecule has 0 unspecified atom stereocenters.